The van der Waals surface area contributed by atoms with E-state index in [-0.39, 0.29) is 6.09 Å². The minimum Gasteiger partial charge on any atom is -0.450 e. The highest BCUT2D eigenvalue weighted by Crippen LogP contribution is 2.39. The van der Waals surface area contributed by atoms with Crippen molar-refractivity contribution in [2.24, 2.45) is 5.92 Å². The Morgan fingerprint density at radius 1 is 0.963 bits per heavy atom. The molecule has 0 radical (unpaired) electrons. The van der Waals surface area contributed by atoms with Gasteiger partial charge in [-0.15, -0.1) is 0 Å². The molecule has 0 bridgehead atoms. The van der Waals surface area contributed by atoms with Gasteiger partial charge in [0.2, 0.25) is 5.91 Å². The number of nitrogens with zero attached hydrogens (tertiary/aromatic N) is 3. The van der Waals surface area contributed by atoms with Crippen LogP contribution in [0.1, 0.15) is 64.7 Å². The Hall–Kier alpha value is -1.30. The van der Waals surface area contributed by atoms with E-state index >= 15 is 0 Å². The molecule has 4 fully saturated rings. The molecule has 3 saturated heterocycles. The lowest BCUT2D eigenvalue weighted by atomic mass is 9.84. The average molecular weight is 378 g/mol. The maximum atomic E-state index is 12.6. The molecule has 0 aromatic carbocycles. The van der Waals surface area contributed by atoms with E-state index in [1.54, 1.807) is 0 Å². The molecule has 0 aromatic rings. The molecule has 0 N–H and O–H groups in total. The summed E-state index contributed by atoms with van der Waals surface area (Å²) < 4.78 is 5.12. The first-order valence-corrected chi connectivity index (χ1v) is 11.1. The quantitative estimate of drug-likeness (QED) is 0.759. The predicted octanol–water partition coefficient (Wildman–Crippen LogP) is 2.86. The Morgan fingerprint density at radius 2 is 1.63 bits per heavy atom. The van der Waals surface area contributed by atoms with E-state index in [1.807, 2.05) is 11.8 Å². The van der Waals surface area contributed by atoms with Gasteiger partial charge in [-0.2, -0.15) is 0 Å². The van der Waals surface area contributed by atoms with E-state index in [9.17, 15) is 9.59 Å². The Labute approximate surface area is 163 Å². The van der Waals surface area contributed by atoms with Crippen molar-refractivity contribution in [1.82, 2.24) is 14.7 Å². The summed E-state index contributed by atoms with van der Waals surface area (Å²) >= 11 is 0. The molecule has 3 heterocycles. The van der Waals surface area contributed by atoms with Gasteiger partial charge in [-0.3, -0.25) is 4.79 Å². The number of amides is 2. The molecule has 1 aliphatic carbocycles. The average Bonchev–Trinajstić information content (AvgIpc) is 3.04. The van der Waals surface area contributed by atoms with Crippen molar-refractivity contribution >= 4 is 12.0 Å². The first-order chi connectivity index (χ1) is 13.2. The Kier molecular flexibility index (Phi) is 5.90. The molecule has 152 valence electrons. The molecule has 6 heteroatoms. The summed E-state index contributed by atoms with van der Waals surface area (Å²) in [4.78, 5) is 31.3. The zero-order chi connectivity index (χ0) is 18.8. The van der Waals surface area contributed by atoms with Crippen LogP contribution in [0.2, 0.25) is 0 Å². The molecule has 6 nitrogen and oxygen atoms in total. The standard InChI is InChI=1S/C21H35N3O3/c1-2-27-21(26)23-13-7-17(8-14-23)22-11-9-18(10-12-22)24-19-6-4-3-5-16(19)15-20(24)25/h16-19H,2-15H2,1H3/t16-,19?/m1/s1. The van der Waals surface area contributed by atoms with Gasteiger partial charge in [0.1, 0.15) is 0 Å². The van der Waals surface area contributed by atoms with Crippen LogP contribution in [-0.4, -0.2) is 77.6 Å². The van der Waals surface area contributed by atoms with Crippen LogP contribution < -0.4 is 0 Å². The SMILES string of the molecule is CCOC(=O)N1CCC(N2CCC(N3C(=O)C[C@H]4CCCCC43)CC2)CC1. The maximum absolute atomic E-state index is 12.6. The highest BCUT2D eigenvalue weighted by molar-refractivity contribution is 5.79. The number of carbonyl (C=O) groups excluding carboxylic acids is 2. The van der Waals surface area contributed by atoms with E-state index in [0.29, 0.717) is 36.6 Å². The van der Waals surface area contributed by atoms with Crippen LogP contribution in [0, 0.1) is 5.92 Å². The smallest absolute Gasteiger partial charge is 0.409 e. The van der Waals surface area contributed by atoms with Gasteiger partial charge in [0.15, 0.2) is 0 Å². The molecule has 2 amide bonds. The molecular weight excluding hydrogens is 342 g/mol. The Bertz CT molecular complexity index is 539. The summed E-state index contributed by atoms with van der Waals surface area (Å²) in [7, 11) is 0. The van der Waals surface area contributed by atoms with Gasteiger partial charge in [0.25, 0.3) is 0 Å². The first-order valence-electron chi connectivity index (χ1n) is 11.1. The van der Waals surface area contributed by atoms with Crippen molar-refractivity contribution in [2.45, 2.75) is 82.8 Å². The van der Waals surface area contributed by atoms with E-state index < -0.39 is 0 Å². The minimum atomic E-state index is -0.163. The Morgan fingerprint density at radius 3 is 2.33 bits per heavy atom. The summed E-state index contributed by atoms with van der Waals surface area (Å²) in [6.07, 6.45) is 10.0. The second kappa shape index (κ2) is 8.38. The number of piperidine rings is 2. The molecule has 0 aromatic heterocycles. The second-order valence-corrected chi connectivity index (χ2v) is 8.80. The van der Waals surface area contributed by atoms with Crippen molar-refractivity contribution in [3.05, 3.63) is 0 Å². The largest absolute Gasteiger partial charge is 0.450 e. The highest BCUT2D eigenvalue weighted by atomic mass is 16.6. The molecule has 1 unspecified atom stereocenters. The number of carbonyl (C=O) groups is 2. The first kappa shape index (κ1) is 19.0. The highest BCUT2D eigenvalue weighted by Gasteiger charge is 2.44. The van der Waals surface area contributed by atoms with Crippen molar-refractivity contribution in [3.63, 3.8) is 0 Å². The fourth-order valence-electron chi connectivity index (χ4n) is 5.94. The molecule has 0 spiro atoms. The van der Waals surface area contributed by atoms with Crippen LogP contribution in [0.4, 0.5) is 4.79 Å². The fourth-order valence-corrected chi connectivity index (χ4v) is 5.94. The van der Waals surface area contributed by atoms with E-state index in [0.717, 1.165) is 58.3 Å². The lowest BCUT2D eigenvalue weighted by Gasteiger charge is -2.45. The minimum absolute atomic E-state index is 0.163. The van der Waals surface area contributed by atoms with E-state index in [2.05, 4.69) is 9.80 Å². The van der Waals surface area contributed by atoms with Gasteiger partial charge in [-0.25, -0.2) is 4.79 Å². The third-order valence-corrected chi connectivity index (χ3v) is 7.35. The number of fused-ring (bicyclic) bond motifs is 1. The summed E-state index contributed by atoms with van der Waals surface area (Å²) in [6, 6.07) is 1.57. The molecular formula is C21H35N3O3. The molecule has 4 aliphatic rings. The van der Waals surface area contributed by atoms with Gasteiger partial charge in [0, 0.05) is 50.7 Å². The lowest BCUT2D eigenvalue weighted by molar-refractivity contribution is -0.132. The number of ether oxygens (including phenoxy) is 1. The van der Waals surface area contributed by atoms with Crippen molar-refractivity contribution < 1.29 is 14.3 Å². The third kappa shape index (κ3) is 3.96. The zero-order valence-electron chi connectivity index (χ0n) is 16.8. The van der Waals surface area contributed by atoms with Crippen LogP contribution in [0.25, 0.3) is 0 Å². The van der Waals surface area contributed by atoms with Gasteiger partial charge < -0.3 is 19.4 Å². The molecule has 4 rings (SSSR count). The topological polar surface area (TPSA) is 53.1 Å². The van der Waals surface area contributed by atoms with Crippen LogP contribution in [-0.2, 0) is 9.53 Å². The van der Waals surface area contributed by atoms with Gasteiger partial charge in [0.05, 0.1) is 6.61 Å². The van der Waals surface area contributed by atoms with Crippen molar-refractivity contribution in [2.75, 3.05) is 32.8 Å². The number of hydrogen-bond acceptors (Lipinski definition) is 4. The van der Waals surface area contributed by atoms with Gasteiger partial charge >= 0.3 is 6.09 Å². The van der Waals surface area contributed by atoms with Crippen LogP contribution in [0.3, 0.4) is 0 Å². The lowest BCUT2D eigenvalue weighted by Crippen LogP contribution is -2.53. The molecule has 3 aliphatic heterocycles. The molecule has 27 heavy (non-hydrogen) atoms. The second-order valence-electron chi connectivity index (χ2n) is 8.80. The van der Waals surface area contributed by atoms with Gasteiger partial charge in [-0.05, 0) is 51.4 Å². The summed E-state index contributed by atoms with van der Waals surface area (Å²) in [6.45, 7) is 6.10. The maximum Gasteiger partial charge on any atom is 0.409 e. The Balaban J connectivity index is 1.26. The van der Waals surface area contributed by atoms with Crippen LogP contribution in [0.5, 0.6) is 0 Å². The van der Waals surface area contributed by atoms with Crippen molar-refractivity contribution in [3.8, 4) is 0 Å². The summed E-state index contributed by atoms with van der Waals surface area (Å²) in [5.74, 6) is 1.06. The predicted molar refractivity (Wildman–Crippen MR) is 103 cm³/mol. The monoisotopic (exact) mass is 377 g/mol. The summed E-state index contributed by atoms with van der Waals surface area (Å²) in [5, 5.41) is 0. The zero-order valence-corrected chi connectivity index (χ0v) is 16.8. The van der Waals surface area contributed by atoms with Crippen molar-refractivity contribution in [1.29, 1.82) is 0 Å². The van der Waals surface area contributed by atoms with E-state index in [4.69, 9.17) is 4.74 Å². The van der Waals surface area contributed by atoms with Crippen LogP contribution in [0.15, 0.2) is 0 Å². The van der Waals surface area contributed by atoms with Gasteiger partial charge in [-0.1, -0.05) is 12.8 Å². The normalized spacial score (nSPS) is 31.2. The number of hydrogen-bond donors (Lipinski definition) is 0. The molecule has 1 saturated carbocycles. The summed E-state index contributed by atoms with van der Waals surface area (Å²) in [5.41, 5.74) is 0. The molecule has 2 atom stereocenters. The third-order valence-electron chi connectivity index (χ3n) is 7.35. The fraction of sp³-hybridized carbons (Fsp3) is 0.905. The number of likely N-dealkylation sites (tertiary alicyclic amines) is 3. The number of rotatable bonds is 3. The van der Waals surface area contributed by atoms with Crippen LogP contribution >= 0.6 is 0 Å². The van der Waals surface area contributed by atoms with E-state index in [1.165, 1.54) is 25.7 Å².